The van der Waals surface area contributed by atoms with Gasteiger partial charge in [0.1, 0.15) is 0 Å². The third kappa shape index (κ3) is 2.70. The lowest BCUT2D eigenvalue weighted by molar-refractivity contribution is 0.0366. The van der Waals surface area contributed by atoms with Crippen molar-refractivity contribution in [2.24, 2.45) is 17.8 Å². The lowest BCUT2D eigenvalue weighted by Crippen LogP contribution is -2.51. The monoisotopic (exact) mass is 258 g/mol. The standard InChI is InChI=1S/C17H26N2/c1-13(2)17-16-11-18-10-15(16)8-9-19(17)12-14-6-4-3-5-7-14/h3-7,13,15-18H,8-12H2,1-2H3. The summed E-state index contributed by atoms with van der Waals surface area (Å²) >= 11 is 0. The predicted molar refractivity (Wildman–Crippen MR) is 79.9 cm³/mol. The Morgan fingerprint density at radius 2 is 2.00 bits per heavy atom. The molecule has 3 unspecified atom stereocenters. The molecule has 2 aliphatic heterocycles. The fourth-order valence-electron chi connectivity index (χ4n) is 4.14. The molecule has 2 heterocycles. The maximum atomic E-state index is 3.61. The average molecular weight is 258 g/mol. The van der Waals surface area contributed by atoms with Crippen LogP contribution >= 0.6 is 0 Å². The Balaban J connectivity index is 1.76. The highest BCUT2D eigenvalue weighted by Gasteiger charge is 2.41. The molecule has 3 rings (SSSR count). The van der Waals surface area contributed by atoms with Crippen LogP contribution in [0.4, 0.5) is 0 Å². The summed E-state index contributed by atoms with van der Waals surface area (Å²) in [6, 6.07) is 11.7. The molecule has 2 nitrogen and oxygen atoms in total. The van der Waals surface area contributed by atoms with Crippen LogP contribution in [0.3, 0.4) is 0 Å². The van der Waals surface area contributed by atoms with Crippen LogP contribution in [0.5, 0.6) is 0 Å². The Kier molecular flexibility index (Phi) is 3.90. The van der Waals surface area contributed by atoms with Gasteiger partial charge in [-0.25, -0.2) is 0 Å². The van der Waals surface area contributed by atoms with Crippen LogP contribution in [0.1, 0.15) is 25.8 Å². The highest BCUT2D eigenvalue weighted by Crippen LogP contribution is 2.36. The Bertz CT molecular complexity index is 401. The van der Waals surface area contributed by atoms with Gasteiger partial charge in [-0.3, -0.25) is 4.90 Å². The number of likely N-dealkylation sites (tertiary alicyclic amines) is 1. The second kappa shape index (κ2) is 5.64. The minimum Gasteiger partial charge on any atom is -0.316 e. The SMILES string of the molecule is CC(C)C1C2CNCC2CCN1Cc1ccccc1. The topological polar surface area (TPSA) is 15.3 Å². The number of nitrogens with one attached hydrogen (secondary N) is 1. The van der Waals surface area contributed by atoms with Gasteiger partial charge in [0.2, 0.25) is 0 Å². The van der Waals surface area contributed by atoms with E-state index >= 15 is 0 Å². The summed E-state index contributed by atoms with van der Waals surface area (Å²) in [6.07, 6.45) is 1.37. The lowest BCUT2D eigenvalue weighted by atomic mass is 9.77. The van der Waals surface area contributed by atoms with Crippen molar-refractivity contribution in [1.29, 1.82) is 0 Å². The summed E-state index contributed by atoms with van der Waals surface area (Å²) in [5.74, 6) is 2.52. The quantitative estimate of drug-likeness (QED) is 0.897. The second-order valence-corrected chi connectivity index (χ2v) is 6.56. The molecule has 1 aromatic rings. The predicted octanol–water partition coefficient (Wildman–Crippen LogP) is 2.75. The average Bonchev–Trinajstić information content (AvgIpc) is 2.87. The number of rotatable bonds is 3. The van der Waals surface area contributed by atoms with Crippen LogP contribution < -0.4 is 5.32 Å². The number of hydrogen-bond acceptors (Lipinski definition) is 2. The van der Waals surface area contributed by atoms with E-state index < -0.39 is 0 Å². The molecule has 104 valence electrons. The molecule has 0 amide bonds. The van der Waals surface area contributed by atoms with E-state index in [1.54, 1.807) is 0 Å². The van der Waals surface area contributed by atoms with Gasteiger partial charge < -0.3 is 5.32 Å². The van der Waals surface area contributed by atoms with Crippen LogP contribution in [0.2, 0.25) is 0 Å². The summed E-state index contributed by atoms with van der Waals surface area (Å²) < 4.78 is 0. The van der Waals surface area contributed by atoms with Crippen molar-refractivity contribution in [3.63, 3.8) is 0 Å². The molecule has 0 bridgehead atoms. The summed E-state index contributed by atoms with van der Waals surface area (Å²) in [6.45, 7) is 9.63. The van der Waals surface area contributed by atoms with E-state index in [2.05, 4.69) is 54.4 Å². The molecule has 0 aliphatic carbocycles. The molecule has 0 spiro atoms. The Morgan fingerprint density at radius 1 is 1.21 bits per heavy atom. The maximum Gasteiger partial charge on any atom is 0.0236 e. The molecule has 3 atom stereocenters. The molecular weight excluding hydrogens is 232 g/mol. The van der Waals surface area contributed by atoms with Crippen molar-refractivity contribution in [1.82, 2.24) is 10.2 Å². The van der Waals surface area contributed by atoms with E-state index in [9.17, 15) is 0 Å². The molecule has 19 heavy (non-hydrogen) atoms. The van der Waals surface area contributed by atoms with Crippen LogP contribution in [0.15, 0.2) is 30.3 Å². The van der Waals surface area contributed by atoms with Gasteiger partial charge in [-0.1, -0.05) is 44.2 Å². The minimum absolute atomic E-state index is 0.744. The van der Waals surface area contributed by atoms with Crippen LogP contribution in [0.25, 0.3) is 0 Å². The van der Waals surface area contributed by atoms with Crippen molar-refractivity contribution >= 4 is 0 Å². The van der Waals surface area contributed by atoms with Gasteiger partial charge in [0.25, 0.3) is 0 Å². The minimum atomic E-state index is 0.744. The van der Waals surface area contributed by atoms with Gasteiger partial charge in [0.15, 0.2) is 0 Å². The number of nitrogens with zero attached hydrogens (tertiary/aromatic N) is 1. The van der Waals surface area contributed by atoms with Crippen LogP contribution in [0, 0.1) is 17.8 Å². The molecule has 2 saturated heterocycles. The van der Waals surface area contributed by atoms with Crippen molar-refractivity contribution in [3.05, 3.63) is 35.9 Å². The Morgan fingerprint density at radius 3 is 2.74 bits per heavy atom. The smallest absolute Gasteiger partial charge is 0.0236 e. The zero-order valence-corrected chi connectivity index (χ0v) is 12.2. The molecule has 2 fully saturated rings. The summed E-state index contributed by atoms with van der Waals surface area (Å²) in [5, 5.41) is 3.61. The van der Waals surface area contributed by atoms with Gasteiger partial charge in [-0.15, -0.1) is 0 Å². The molecule has 0 saturated carbocycles. The van der Waals surface area contributed by atoms with Crippen LogP contribution in [-0.4, -0.2) is 30.6 Å². The van der Waals surface area contributed by atoms with Crippen LogP contribution in [-0.2, 0) is 6.54 Å². The molecule has 1 N–H and O–H groups in total. The van der Waals surface area contributed by atoms with E-state index in [-0.39, 0.29) is 0 Å². The van der Waals surface area contributed by atoms with E-state index in [0.717, 1.165) is 30.3 Å². The number of piperidine rings is 1. The van der Waals surface area contributed by atoms with E-state index in [4.69, 9.17) is 0 Å². The third-order valence-corrected chi connectivity index (χ3v) is 4.95. The highest BCUT2D eigenvalue weighted by atomic mass is 15.2. The van der Waals surface area contributed by atoms with Crippen molar-refractivity contribution in [3.8, 4) is 0 Å². The van der Waals surface area contributed by atoms with Gasteiger partial charge >= 0.3 is 0 Å². The zero-order valence-electron chi connectivity index (χ0n) is 12.2. The first-order valence-electron chi connectivity index (χ1n) is 7.74. The molecule has 1 aromatic carbocycles. The summed E-state index contributed by atoms with van der Waals surface area (Å²) in [5.41, 5.74) is 1.46. The Hall–Kier alpha value is -0.860. The Labute approximate surface area is 117 Å². The third-order valence-electron chi connectivity index (χ3n) is 4.95. The van der Waals surface area contributed by atoms with E-state index in [0.29, 0.717) is 0 Å². The molecule has 0 radical (unpaired) electrons. The zero-order chi connectivity index (χ0) is 13.2. The van der Waals surface area contributed by atoms with Crippen molar-refractivity contribution in [2.45, 2.75) is 32.9 Å². The van der Waals surface area contributed by atoms with E-state index in [1.807, 2.05) is 0 Å². The molecular formula is C17H26N2. The first-order valence-corrected chi connectivity index (χ1v) is 7.74. The largest absolute Gasteiger partial charge is 0.316 e. The summed E-state index contributed by atoms with van der Waals surface area (Å²) in [4.78, 5) is 2.73. The lowest BCUT2D eigenvalue weighted by Gasteiger charge is -2.45. The summed E-state index contributed by atoms with van der Waals surface area (Å²) in [7, 11) is 0. The number of benzene rings is 1. The fraction of sp³-hybridized carbons (Fsp3) is 0.647. The second-order valence-electron chi connectivity index (χ2n) is 6.56. The van der Waals surface area contributed by atoms with E-state index in [1.165, 1.54) is 31.6 Å². The molecule has 0 aromatic heterocycles. The molecule has 2 aliphatic rings. The highest BCUT2D eigenvalue weighted by molar-refractivity contribution is 5.15. The maximum absolute atomic E-state index is 3.61. The van der Waals surface area contributed by atoms with Gasteiger partial charge in [0, 0.05) is 12.6 Å². The first-order chi connectivity index (χ1) is 9.25. The van der Waals surface area contributed by atoms with Gasteiger partial charge in [-0.05, 0) is 49.4 Å². The van der Waals surface area contributed by atoms with Gasteiger partial charge in [-0.2, -0.15) is 0 Å². The number of hydrogen-bond donors (Lipinski definition) is 1. The fourth-order valence-corrected chi connectivity index (χ4v) is 4.14. The van der Waals surface area contributed by atoms with Gasteiger partial charge in [0.05, 0.1) is 0 Å². The number of fused-ring (bicyclic) bond motifs is 1. The molecule has 2 heteroatoms. The normalized spacial score (nSPS) is 31.6. The first kappa shape index (κ1) is 13.1. The van der Waals surface area contributed by atoms with Crippen molar-refractivity contribution in [2.75, 3.05) is 19.6 Å². The van der Waals surface area contributed by atoms with Crippen molar-refractivity contribution < 1.29 is 0 Å².